The average molecular weight is 588 g/mol. The molecule has 1 aromatic carbocycles. The van der Waals surface area contributed by atoms with Crippen molar-refractivity contribution in [3.8, 4) is 28.6 Å². The molecular weight excluding hydrogens is 557 g/mol. The standard InChI is InChI=1S/C27H31Cl2N7O4/c1-6-35(7-2)13-14-40-17-11-9-16(10-12-17)30-27-31-23-19(33-34-27)15-18(26(37)36(23)8-3)20-21(28)24(38-4)32-25(39-5)22(20)29/h9-12,15H,6-8,13-14H2,1-5H3,(H,30,31,34). The number of aromatic nitrogens is 5. The third kappa shape index (κ3) is 6.06. The Kier molecular flexibility index (Phi) is 9.62. The van der Waals surface area contributed by atoms with Crippen molar-refractivity contribution in [2.45, 2.75) is 27.3 Å². The molecule has 0 aliphatic carbocycles. The Labute approximate surface area is 242 Å². The fourth-order valence-electron chi connectivity index (χ4n) is 4.19. The minimum absolute atomic E-state index is 0.0736. The third-order valence-corrected chi connectivity index (χ3v) is 7.08. The van der Waals surface area contributed by atoms with Gasteiger partial charge in [0.15, 0.2) is 5.65 Å². The number of likely N-dealkylation sites (N-methyl/N-ethyl adjacent to an activating group) is 1. The van der Waals surface area contributed by atoms with Gasteiger partial charge in [0.1, 0.15) is 27.9 Å². The molecule has 212 valence electrons. The van der Waals surface area contributed by atoms with E-state index in [2.05, 4.69) is 44.2 Å². The van der Waals surface area contributed by atoms with Crippen molar-refractivity contribution >= 4 is 46.0 Å². The van der Waals surface area contributed by atoms with Crippen LogP contribution < -0.4 is 25.1 Å². The predicted octanol–water partition coefficient (Wildman–Crippen LogP) is 5.06. The summed E-state index contributed by atoms with van der Waals surface area (Å²) in [5.74, 6) is 1.15. The van der Waals surface area contributed by atoms with Gasteiger partial charge in [-0.1, -0.05) is 37.0 Å². The third-order valence-electron chi connectivity index (χ3n) is 6.38. The van der Waals surface area contributed by atoms with Crippen molar-refractivity contribution in [3.63, 3.8) is 0 Å². The van der Waals surface area contributed by atoms with Crippen molar-refractivity contribution in [2.75, 3.05) is 45.8 Å². The molecule has 0 radical (unpaired) electrons. The molecule has 0 atom stereocenters. The summed E-state index contributed by atoms with van der Waals surface area (Å²) in [5.41, 5.74) is 1.52. The highest BCUT2D eigenvalue weighted by atomic mass is 35.5. The lowest BCUT2D eigenvalue weighted by atomic mass is 10.1. The zero-order chi connectivity index (χ0) is 28.8. The summed E-state index contributed by atoms with van der Waals surface area (Å²) in [7, 11) is 2.82. The summed E-state index contributed by atoms with van der Waals surface area (Å²) < 4.78 is 17.8. The average Bonchev–Trinajstić information content (AvgIpc) is 2.97. The zero-order valence-corrected chi connectivity index (χ0v) is 24.5. The fraction of sp³-hybridized carbons (Fsp3) is 0.370. The van der Waals surface area contributed by atoms with E-state index in [1.807, 2.05) is 31.2 Å². The van der Waals surface area contributed by atoms with Crippen LogP contribution in [0.15, 0.2) is 35.1 Å². The highest BCUT2D eigenvalue weighted by molar-refractivity contribution is 6.40. The molecule has 0 bridgehead atoms. The first-order valence-electron chi connectivity index (χ1n) is 12.8. The maximum Gasteiger partial charge on any atom is 0.260 e. The molecule has 11 nitrogen and oxygen atoms in total. The number of aryl methyl sites for hydroxylation is 1. The van der Waals surface area contributed by atoms with E-state index in [1.165, 1.54) is 18.8 Å². The normalized spacial score (nSPS) is 11.2. The number of fused-ring (bicyclic) bond motifs is 1. The van der Waals surface area contributed by atoms with Gasteiger partial charge in [-0.2, -0.15) is 9.97 Å². The molecule has 0 unspecified atom stereocenters. The van der Waals surface area contributed by atoms with Crippen molar-refractivity contribution < 1.29 is 14.2 Å². The molecule has 3 aromatic heterocycles. The first-order valence-corrected chi connectivity index (χ1v) is 13.6. The number of rotatable bonds is 12. The van der Waals surface area contributed by atoms with Crippen LogP contribution in [0.4, 0.5) is 11.6 Å². The van der Waals surface area contributed by atoms with E-state index >= 15 is 0 Å². The van der Waals surface area contributed by atoms with Crippen molar-refractivity contribution in [1.29, 1.82) is 0 Å². The van der Waals surface area contributed by atoms with Crippen LogP contribution in [-0.2, 0) is 6.54 Å². The minimum atomic E-state index is -0.369. The van der Waals surface area contributed by atoms with Gasteiger partial charge in [0.05, 0.1) is 19.8 Å². The van der Waals surface area contributed by atoms with E-state index in [0.717, 1.165) is 31.1 Å². The number of hydrogen-bond acceptors (Lipinski definition) is 10. The Morgan fingerprint density at radius 2 is 1.60 bits per heavy atom. The Morgan fingerprint density at radius 1 is 0.950 bits per heavy atom. The predicted molar refractivity (Wildman–Crippen MR) is 157 cm³/mol. The van der Waals surface area contributed by atoms with Gasteiger partial charge in [-0.3, -0.25) is 9.36 Å². The number of benzene rings is 1. The summed E-state index contributed by atoms with van der Waals surface area (Å²) in [6.45, 7) is 9.87. The zero-order valence-electron chi connectivity index (χ0n) is 23.0. The molecule has 0 saturated carbocycles. The van der Waals surface area contributed by atoms with Crippen LogP contribution in [0.3, 0.4) is 0 Å². The molecule has 0 aliphatic heterocycles. The smallest absolute Gasteiger partial charge is 0.260 e. The summed E-state index contributed by atoms with van der Waals surface area (Å²) in [4.78, 5) is 24.6. The number of pyridine rings is 2. The second-order valence-electron chi connectivity index (χ2n) is 8.61. The number of anilines is 2. The van der Waals surface area contributed by atoms with Crippen LogP contribution in [0.1, 0.15) is 20.8 Å². The van der Waals surface area contributed by atoms with E-state index in [1.54, 1.807) is 6.07 Å². The molecule has 3 heterocycles. The monoisotopic (exact) mass is 587 g/mol. The SMILES string of the molecule is CCN(CC)CCOc1ccc(Nc2nnc3cc(-c4c(Cl)c(OC)nc(OC)c4Cl)c(=O)n(CC)c3n2)cc1. The topological polar surface area (TPSA) is 117 Å². The van der Waals surface area contributed by atoms with Crippen LogP contribution in [0.5, 0.6) is 17.5 Å². The second-order valence-corrected chi connectivity index (χ2v) is 9.37. The maximum absolute atomic E-state index is 13.6. The van der Waals surface area contributed by atoms with Gasteiger partial charge < -0.3 is 24.4 Å². The Morgan fingerprint density at radius 3 is 2.17 bits per heavy atom. The first kappa shape index (κ1) is 29.3. The molecule has 4 aromatic rings. The molecule has 40 heavy (non-hydrogen) atoms. The lowest BCUT2D eigenvalue weighted by Crippen LogP contribution is -2.27. The van der Waals surface area contributed by atoms with Gasteiger partial charge >= 0.3 is 0 Å². The molecule has 0 saturated heterocycles. The van der Waals surface area contributed by atoms with Crippen LogP contribution in [-0.4, -0.2) is 70.1 Å². The van der Waals surface area contributed by atoms with Crippen molar-refractivity contribution in [3.05, 3.63) is 50.7 Å². The molecule has 1 N–H and O–H groups in total. The maximum atomic E-state index is 13.6. The summed E-state index contributed by atoms with van der Waals surface area (Å²) >= 11 is 13.1. The lowest BCUT2D eigenvalue weighted by Gasteiger charge is -2.18. The molecule has 13 heteroatoms. The van der Waals surface area contributed by atoms with Gasteiger partial charge in [0.25, 0.3) is 5.56 Å². The molecule has 0 spiro atoms. The Hall–Kier alpha value is -3.67. The molecular formula is C27H31Cl2N7O4. The lowest BCUT2D eigenvalue weighted by molar-refractivity contribution is 0.223. The summed E-state index contributed by atoms with van der Waals surface area (Å²) in [6, 6.07) is 9.02. The van der Waals surface area contributed by atoms with Crippen LogP contribution in [0.2, 0.25) is 10.0 Å². The number of ether oxygens (including phenoxy) is 3. The molecule has 0 aliphatic rings. The number of methoxy groups -OCH3 is 2. The molecule has 0 fully saturated rings. The number of nitrogens with zero attached hydrogens (tertiary/aromatic N) is 6. The fourth-order valence-corrected chi connectivity index (χ4v) is 4.87. The van der Waals surface area contributed by atoms with E-state index in [-0.39, 0.29) is 44.4 Å². The van der Waals surface area contributed by atoms with E-state index < -0.39 is 0 Å². The largest absolute Gasteiger partial charge is 0.492 e. The van der Waals surface area contributed by atoms with Crippen LogP contribution >= 0.6 is 23.2 Å². The molecule has 0 amide bonds. The first-order chi connectivity index (χ1) is 19.3. The van der Waals surface area contributed by atoms with E-state index in [0.29, 0.717) is 24.3 Å². The van der Waals surface area contributed by atoms with Crippen LogP contribution in [0, 0.1) is 0 Å². The number of nitrogens with one attached hydrogen (secondary N) is 1. The second kappa shape index (κ2) is 13.1. The Balaban J connectivity index is 1.64. The van der Waals surface area contributed by atoms with Crippen molar-refractivity contribution in [1.82, 2.24) is 29.6 Å². The van der Waals surface area contributed by atoms with Crippen molar-refractivity contribution in [2.24, 2.45) is 0 Å². The molecule has 4 rings (SSSR count). The summed E-state index contributed by atoms with van der Waals surface area (Å²) in [6.07, 6.45) is 0. The van der Waals surface area contributed by atoms with E-state index in [9.17, 15) is 4.79 Å². The van der Waals surface area contributed by atoms with Gasteiger partial charge in [-0.25, -0.2) is 0 Å². The minimum Gasteiger partial charge on any atom is -0.492 e. The highest BCUT2D eigenvalue weighted by Crippen LogP contribution is 2.43. The Bertz CT molecular complexity index is 1520. The van der Waals surface area contributed by atoms with E-state index in [4.69, 9.17) is 37.4 Å². The van der Waals surface area contributed by atoms with Gasteiger partial charge in [-0.15, -0.1) is 10.2 Å². The van der Waals surface area contributed by atoms with Gasteiger partial charge in [-0.05, 0) is 50.3 Å². The van der Waals surface area contributed by atoms with Gasteiger partial charge in [0, 0.05) is 24.3 Å². The highest BCUT2D eigenvalue weighted by Gasteiger charge is 2.24. The number of hydrogen-bond donors (Lipinski definition) is 1. The van der Waals surface area contributed by atoms with Crippen LogP contribution in [0.25, 0.3) is 22.3 Å². The van der Waals surface area contributed by atoms with Gasteiger partial charge in [0.2, 0.25) is 17.7 Å². The summed E-state index contributed by atoms with van der Waals surface area (Å²) in [5, 5.41) is 11.8. The quantitative estimate of drug-likeness (QED) is 0.241. The number of halogens is 2.